The van der Waals surface area contributed by atoms with Crippen molar-refractivity contribution in [2.24, 2.45) is 0 Å². The van der Waals surface area contributed by atoms with Crippen LogP contribution in [0.5, 0.6) is 5.75 Å². The minimum atomic E-state index is -3.66. The number of hydrogen-bond acceptors (Lipinski definition) is 8. The molecule has 1 fully saturated rings. The fraction of sp³-hybridized carbons (Fsp3) is 0.360. The molecule has 0 N–H and O–H groups in total. The summed E-state index contributed by atoms with van der Waals surface area (Å²) in [5.74, 6) is 1.97. The molecule has 190 valence electrons. The van der Waals surface area contributed by atoms with E-state index in [0.717, 1.165) is 28.6 Å². The van der Waals surface area contributed by atoms with Gasteiger partial charge < -0.3 is 9.15 Å². The Morgan fingerprint density at radius 3 is 2.64 bits per heavy atom. The van der Waals surface area contributed by atoms with Crippen molar-refractivity contribution in [1.82, 2.24) is 14.3 Å². The van der Waals surface area contributed by atoms with E-state index in [9.17, 15) is 8.42 Å². The molecular formula is C25H27ClN4O4S2. The van der Waals surface area contributed by atoms with E-state index in [1.807, 2.05) is 18.2 Å². The van der Waals surface area contributed by atoms with Crippen molar-refractivity contribution in [3.63, 3.8) is 0 Å². The van der Waals surface area contributed by atoms with E-state index < -0.39 is 10.0 Å². The van der Waals surface area contributed by atoms with Gasteiger partial charge in [-0.1, -0.05) is 23.8 Å². The molecule has 1 aliphatic carbocycles. The number of sulfonamides is 1. The lowest BCUT2D eigenvalue weighted by molar-refractivity contribution is 0.322. The van der Waals surface area contributed by atoms with E-state index in [4.69, 9.17) is 20.8 Å². The molecule has 8 nitrogen and oxygen atoms in total. The average molecular weight is 547 g/mol. The zero-order valence-electron chi connectivity index (χ0n) is 20.1. The van der Waals surface area contributed by atoms with E-state index >= 15 is 0 Å². The minimum absolute atomic E-state index is 0.0778. The van der Waals surface area contributed by atoms with Gasteiger partial charge >= 0.3 is 0 Å². The number of pyridine rings is 1. The molecule has 3 aromatic rings. The molecule has 1 saturated heterocycles. The van der Waals surface area contributed by atoms with Crippen molar-refractivity contribution < 1.29 is 17.6 Å². The summed E-state index contributed by atoms with van der Waals surface area (Å²) in [6.07, 6.45) is 9.04. The Morgan fingerprint density at radius 1 is 1.17 bits per heavy atom. The highest BCUT2D eigenvalue weighted by Gasteiger charge is 2.33. The minimum Gasteiger partial charge on any atom is -0.495 e. The predicted molar refractivity (Wildman–Crippen MR) is 143 cm³/mol. The summed E-state index contributed by atoms with van der Waals surface area (Å²) < 4.78 is 41.3. The monoisotopic (exact) mass is 546 g/mol. The van der Waals surface area contributed by atoms with Crippen LogP contribution in [0.25, 0.3) is 11.1 Å². The zero-order chi connectivity index (χ0) is 25.3. The van der Waals surface area contributed by atoms with Crippen LogP contribution in [0.15, 0.2) is 67.9 Å². The van der Waals surface area contributed by atoms with Gasteiger partial charge in [0.1, 0.15) is 17.1 Å². The van der Waals surface area contributed by atoms with Gasteiger partial charge in [-0.2, -0.15) is 4.31 Å². The number of methoxy groups -OCH3 is 1. The second kappa shape index (κ2) is 10.5. The standard InChI is InChI=1S/C25H27ClN4O4S2/c1-17-28-22-9-8-20(15-23(22)34-17)36(31,32)29-13-11-18(12-14-29)30(25-10-7-19(33-2)16-27-25)35-24-6-4-3-5-21(24)26/h5-10,15-16,18H,3-4,11-14H2,1-2H3. The molecule has 0 amide bonds. The van der Waals surface area contributed by atoms with Gasteiger partial charge in [-0.15, -0.1) is 0 Å². The molecule has 0 spiro atoms. The molecule has 0 atom stereocenters. The third-order valence-corrected chi connectivity index (χ3v) is 9.92. The van der Waals surface area contributed by atoms with E-state index in [1.54, 1.807) is 54.7 Å². The number of fused-ring (bicyclic) bond motifs is 1. The van der Waals surface area contributed by atoms with Crippen molar-refractivity contribution in [3.05, 3.63) is 64.5 Å². The molecule has 0 bridgehead atoms. The lowest BCUT2D eigenvalue weighted by atomic mass is 10.1. The predicted octanol–water partition coefficient (Wildman–Crippen LogP) is 5.65. The van der Waals surface area contributed by atoms with Crippen molar-refractivity contribution in [2.45, 2.75) is 43.5 Å². The Balaban J connectivity index is 1.35. The van der Waals surface area contributed by atoms with E-state index in [-0.39, 0.29) is 10.9 Å². The summed E-state index contributed by atoms with van der Waals surface area (Å²) >= 11 is 8.06. The summed E-state index contributed by atoms with van der Waals surface area (Å²) in [4.78, 5) is 10.1. The van der Waals surface area contributed by atoms with Crippen molar-refractivity contribution >= 4 is 50.5 Å². The highest BCUT2D eigenvalue weighted by molar-refractivity contribution is 8.04. The van der Waals surface area contributed by atoms with Gasteiger partial charge in [-0.05, 0) is 61.9 Å². The first kappa shape index (κ1) is 25.1. The number of oxazole rings is 1. The quantitative estimate of drug-likeness (QED) is 0.351. The molecule has 1 aromatic carbocycles. The summed E-state index contributed by atoms with van der Waals surface area (Å²) in [5, 5.41) is 0.739. The fourth-order valence-corrected chi connectivity index (χ4v) is 7.30. The maximum atomic E-state index is 13.4. The molecule has 2 aliphatic rings. The molecule has 0 saturated carbocycles. The number of anilines is 1. The Morgan fingerprint density at radius 2 is 1.94 bits per heavy atom. The zero-order valence-corrected chi connectivity index (χ0v) is 22.4. The van der Waals surface area contributed by atoms with Crippen LogP contribution < -0.4 is 9.04 Å². The first-order valence-corrected chi connectivity index (χ1v) is 14.3. The number of hydrogen-bond donors (Lipinski definition) is 0. The van der Waals surface area contributed by atoms with Crippen LogP contribution in [0.3, 0.4) is 0 Å². The van der Waals surface area contributed by atoms with Gasteiger partial charge in [-0.25, -0.2) is 18.4 Å². The van der Waals surface area contributed by atoms with Crippen LogP contribution >= 0.6 is 23.5 Å². The number of nitrogens with zero attached hydrogens (tertiary/aromatic N) is 4. The first-order valence-electron chi connectivity index (χ1n) is 11.8. The second-order valence-electron chi connectivity index (χ2n) is 8.67. The van der Waals surface area contributed by atoms with Gasteiger partial charge in [0.2, 0.25) is 10.0 Å². The Labute approximate surface area is 220 Å². The number of allylic oxidation sites excluding steroid dienone is 3. The lowest BCUT2D eigenvalue weighted by Crippen LogP contribution is -2.45. The van der Waals surface area contributed by atoms with E-state index in [0.29, 0.717) is 48.7 Å². The molecule has 1 aliphatic heterocycles. The van der Waals surface area contributed by atoms with Gasteiger partial charge in [-0.3, -0.25) is 4.31 Å². The number of piperidine rings is 1. The highest BCUT2D eigenvalue weighted by Crippen LogP contribution is 2.39. The molecular weight excluding hydrogens is 520 g/mol. The maximum absolute atomic E-state index is 13.4. The third kappa shape index (κ3) is 5.13. The normalized spacial score (nSPS) is 17.6. The Kier molecular flexibility index (Phi) is 7.30. The van der Waals surface area contributed by atoms with E-state index in [2.05, 4.69) is 20.3 Å². The van der Waals surface area contributed by atoms with Crippen molar-refractivity contribution in [2.75, 3.05) is 24.5 Å². The van der Waals surface area contributed by atoms with Crippen LogP contribution in [-0.4, -0.2) is 48.9 Å². The second-order valence-corrected chi connectivity index (χ2v) is 12.0. The number of aryl methyl sites for hydroxylation is 1. The smallest absolute Gasteiger partial charge is 0.243 e. The van der Waals surface area contributed by atoms with Gasteiger partial charge in [0.05, 0.1) is 23.2 Å². The Hall–Kier alpha value is -2.53. The average Bonchev–Trinajstić information content (AvgIpc) is 3.28. The topological polar surface area (TPSA) is 88.8 Å². The number of ether oxygens (including phenoxy) is 1. The first-order chi connectivity index (χ1) is 17.3. The largest absolute Gasteiger partial charge is 0.495 e. The van der Waals surface area contributed by atoms with Crippen LogP contribution in [0.2, 0.25) is 0 Å². The maximum Gasteiger partial charge on any atom is 0.243 e. The van der Waals surface area contributed by atoms with E-state index in [1.165, 1.54) is 0 Å². The molecule has 5 rings (SSSR count). The lowest BCUT2D eigenvalue weighted by Gasteiger charge is -2.38. The van der Waals surface area contributed by atoms with Crippen LogP contribution in [0, 0.1) is 6.92 Å². The Bertz CT molecular complexity index is 1410. The summed E-state index contributed by atoms with van der Waals surface area (Å²) in [6.45, 7) is 2.54. The summed E-state index contributed by atoms with van der Waals surface area (Å²) in [6, 6.07) is 8.72. The SMILES string of the molecule is COc1ccc(N(SC2=CCCC=C2Cl)C2CCN(S(=O)(=O)c3ccc4nc(C)oc4c3)CC2)nc1. The van der Waals surface area contributed by atoms with Gasteiger partial charge in [0.25, 0.3) is 0 Å². The number of rotatable bonds is 7. The molecule has 36 heavy (non-hydrogen) atoms. The molecule has 0 unspecified atom stereocenters. The number of halogens is 1. The summed E-state index contributed by atoms with van der Waals surface area (Å²) in [7, 11) is -2.05. The van der Waals surface area contributed by atoms with Crippen LogP contribution in [0.4, 0.5) is 5.82 Å². The third-order valence-electron chi connectivity index (χ3n) is 6.29. The molecule has 3 heterocycles. The highest BCUT2D eigenvalue weighted by atomic mass is 35.5. The van der Waals surface area contributed by atoms with Crippen LogP contribution in [0.1, 0.15) is 31.6 Å². The van der Waals surface area contributed by atoms with Crippen molar-refractivity contribution in [1.29, 1.82) is 0 Å². The van der Waals surface area contributed by atoms with Crippen LogP contribution in [-0.2, 0) is 10.0 Å². The van der Waals surface area contributed by atoms with Gasteiger partial charge in [0.15, 0.2) is 11.5 Å². The molecule has 0 radical (unpaired) electrons. The van der Waals surface area contributed by atoms with Gasteiger partial charge in [0, 0.05) is 37.0 Å². The molecule has 2 aromatic heterocycles. The van der Waals surface area contributed by atoms with Crippen molar-refractivity contribution in [3.8, 4) is 5.75 Å². The number of aromatic nitrogens is 2. The summed E-state index contributed by atoms with van der Waals surface area (Å²) in [5.41, 5.74) is 1.12. The number of benzene rings is 1. The fourth-order valence-electron chi connectivity index (χ4n) is 4.39. The molecule has 11 heteroatoms.